The molecule has 0 bridgehead atoms. The molecule has 252 valence electrons. The molecule has 0 saturated carbocycles. The Balaban J connectivity index is 0.945. The third-order valence-electron chi connectivity index (χ3n) is 10.5. The van der Waals surface area contributed by atoms with Crippen LogP contribution >= 0.6 is 0 Å². The van der Waals surface area contributed by atoms with Crippen molar-refractivity contribution in [2.24, 2.45) is 0 Å². The molecule has 1 aromatic heterocycles. The Kier molecular flexibility index (Phi) is 7.85. The Labute approximate surface area is 314 Å². The lowest BCUT2D eigenvalue weighted by molar-refractivity contribution is 1.18. The van der Waals surface area contributed by atoms with Gasteiger partial charge in [-0.15, -0.1) is 0 Å². The smallest absolute Gasteiger partial charge is 0.160 e. The van der Waals surface area contributed by atoms with Gasteiger partial charge in [0.2, 0.25) is 0 Å². The number of nitrogens with zero attached hydrogens (tertiary/aromatic N) is 2. The van der Waals surface area contributed by atoms with Crippen LogP contribution in [0.5, 0.6) is 0 Å². The molecule has 0 saturated heterocycles. The molecule has 0 N–H and O–H groups in total. The molecule has 0 aliphatic rings. The third-order valence-corrected chi connectivity index (χ3v) is 10.5. The van der Waals surface area contributed by atoms with E-state index in [1.54, 1.807) is 0 Å². The second kappa shape index (κ2) is 13.4. The van der Waals surface area contributed by atoms with Gasteiger partial charge in [0, 0.05) is 16.7 Å². The van der Waals surface area contributed by atoms with Gasteiger partial charge in [0.25, 0.3) is 0 Å². The van der Waals surface area contributed by atoms with Gasteiger partial charge < -0.3 is 0 Å². The van der Waals surface area contributed by atoms with E-state index < -0.39 is 0 Å². The summed E-state index contributed by atoms with van der Waals surface area (Å²) in [5.41, 5.74) is 12.2. The zero-order chi connectivity index (χ0) is 35.8. The van der Waals surface area contributed by atoms with Crippen LogP contribution in [-0.4, -0.2) is 9.97 Å². The first-order chi connectivity index (χ1) is 26.7. The Hall–Kier alpha value is -7.16. The van der Waals surface area contributed by atoms with E-state index in [1.165, 1.54) is 60.1 Å². The predicted molar refractivity (Wildman–Crippen MR) is 227 cm³/mol. The Morgan fingerprint density at radius 1 is 0.241 bits per heavy atom. The van der Waals surface area contributed by atoms with Gasteiger partial charge in [-0.3, -0.25) is 0 Å². The van der Waals surface area contributed by atoms with Crippen LogP contribution in [0.4, 0.5) is 0 Å². The summed E-state index contributed by atoms with van der Waals surface area (Å²) < 4.78 is 0. The number of rotatable bonds is 6. The highest BCUT2D eigenvalue weighted by molar-refractivity contribution is 6.20. The summed E-state index contributed by atoms with van der Waals surface area (Å²) in [6.07, 6.45) is 0. The van der Waals surface area contributed by atoms with Crippen LogP contribution in [0.3, 0.4) is 0 Å². The quantitative estimate of drug-likeness (QED) is 0.129. The number of aromatic nitrogens is 2. The first-order valence-electron chi connectivity index (χ1n) is 18.4. The molecule has 0 spiro atoms. The molecule has 0 aliphatic carbocycles. The van der Waals surface area contributed by atoms with Gasteiger partial charge >= 0.3 is 0 Å². The maximum Gasteiger partial charge on any atom is 0.160 e. The average Bonchev–Trinajstić information content (AvgIpc) is 3.26. The summed E-state index contributed by atoms with van der Waals surface area (Å²) in [4.78, 5) is 9.94. The van der Waals surface area contributed by atoms with Crippen molar-refractivity contribution in [2.45, 2.75) is 0 Å². The fraction of sp³-hybridized carbons (Fsp3) is 0. The van der Waals surface area contributed by atoms with Gasteiger partial charge in [-0.2, -0.15) is 0 Å². The van der Waals surface area contributed by atoms with E-state index in [-0.39, 0.29) is 0 Å². The Morgan fingerprint density at radius 2 is 0.685 bits per heavy atom. The van der Waals surface area contributed by atoms with E-state index in [2.05, 4.69) is 170 Å². The van der Waals surface area contributed by atoms with Gasteiger partial charge in [0.15, 0.2) is 5.82 Å². The molecule has 1 heterocycles. The minimum Gasteiger partial charge on any atom is -0.228 e. The molecule has 0 fully saturated rings. The van der Waals surface area contributed by atoms with Crippen molar-refractivity contribution < 1.29 is 0 Å². The molecule has 54 heavy (non-hydrogen) atoms. The van der Waals surface area contributed by atoms with Crippen LogP contribution in [-0.2, 0) is 0 Å². The lowest BCUT2D eigenvalue weighted by atomic mass is 9.89. The summed E-state index contributed by atoms with van der Waals surface area (Å²) >= 11 is 0. The number of fused-ring (bicyclic) bond motifs is 4. The molecule has 2 nitrogen and oxygen atoms in total. The van der Waals surface area contributed by atoms with Gasteiger partial charge in [0.05, 0.1) is 11.4 Å². The van der Waals surface area contributed by atoms with Crippen molar-refractivity contribution in [3.05, 3.63) is 206 Å². The standard InChI is InChI=1S/C52H34N2/c1-3-12-40(13-4-1)49-34-50(54-52(53-49)43-14-5-2-6-15-43)41-27-23-37(24-28-41)35-19-21-36(22-20-35)38-25-29-42(30-26-38)51-46-18-10-8-16-44(46)33-48-45-17-9-7-11-39(45)31-32-47(48)51/h1-34H. The van der Waals surface area contributed by atoms with E-state index in [9.17, 15) is 0 Å². The van der Waals surface area contributed by atoms with Crippen LogP contribution in [0.1, 0.15) is 0 Å². The first-order valence-corrected chi connectivity index (χ1v) is 18.4. The van der Waals surface area contributed by atoms with Crippen molar-refractivity contribution in [3.8, 4) is 67.3 Å². The van der Waals surface area contributed by atoms with E-state index in [0.717, 1.165) is 39.5 Å². The molecule has 2 heteroatoms. The van der Waals surface area contributed by atoms with Crippen LogP contribution in [0.2, 0.25) is 0 Å². The highest BCUT2D eigenvalue weighted by Gasteiger charge is 2.14. The third kappa shape index (κ3) is 5.81. The molecule has 0 atom stereocenters. The lowest BCUT2D eigenvalue weighted by Gasteiger charge is -2.14. The molecule has 0 aliphatic heterocycles. The maximum absolute atomic E-state index is 5.00. The van der Waals surface area contributed by atoms with Crippen LogP contribution in [0, 0.1) is 0 Å². The number of benzene rings is 9. The lowest BCUT2D eigenvalue weighted by Crippen LogP contribution is -1.95. The first kappa shape index (κ1) is 31.6. The topological polar surface area (TPSA) is 25.8 Å². The van der Waals surface area contributed by atoms with Crippen molar-refractivity contribution in [1.29, 1.82) is 0 Å². The van der Waals surface area contributed by atoms with Gasteiger partial charge in [-0.1, -0.05) is 194 Å². The minimum atomic E-state index is 0.721. The van der Waals surface area contributed by atoms with Gasteiger partial charge in [0.1, 0.15) is 0 Å². The average molecular weight is 687 g/mol. The highest BCUT2D eigenvalue weighted by Crippen LogP contribution is 2.40. The van der Waals surface area contributed by atoms with Crippen LogP contribution in [0.15, 0.2) is 206 Å². The second-order valence-electron chi connectivity index (χ2n) is 13.8. The van der Waals surface area contributed by atoms with E-state index in [1.807, 2.05) is 36.4 Å². The fourth-order valence-corrected chi connectivity index (χ4v) is 7.72. The maximum atomic E-state index is 5.00. The normalized spacial score (nSPS) is 11.3. The Morgan fingerprint density at radius 3 is 1.28 bits per heavy atom. The molecule has 10 rings (SSSR count). The fourth-order valence-electron chi connectivity index (χ4n) is 7.72. The van der Waals surface area contributed by atoms with Crippen LogP contribution < -0.4 is 0 Å². The van der Waals surface area contributed by atoms with Gasteiger partial charge in [-0.25, -0.2) is 9.97 Å². The second-order valence-corrected chi connectivity index (χ2v) is 13.8. The SMILES string of the molecule is c1ccc(-c2cc(-c3ccc(-c4ccc(-c5ccc(-c6c7ccccc7cc7c6ccc6ccccc67)cc5)cc4)cc3)nc(-c3ccccc3)n2)cc1. The van der Waals surface area contributed by atoms with Crippen molar-refractivity contribution in [2.75, 3.05) is 0 Å². The summed E-state index contributed by atoms with van der Waals surface area (Å²) in [6, 6.07) is 73.5. The molecule has 10 aromatic rings. The predicted octanol–water partition coefficient (Wildman–Crippen LogP) is 13.9. The summed E-state index contributed by atoms with van der Waals surface area (Å²) in [6.45, 7) is 0. The number of hydrogen-bond acceptors (Lipinski definition) is 2. The molecule has 0 unspecified atom stereocenters. The summed E-state index contributed by atoms with van der Waals surface area (Å²) in [7, 11) is 0. The monoisotopic (exact) mass is 686 g/mol. The van der Waals surface area contributed by atoms with Gasteiger partial charge in [-0.05, 0) is 77.8 Å². The molecular formula is C52H34N2. The largest absolute Gasteiger partial charge is 0.228 e. The highest BCUT2D eigenvalue weighted by atomic mass is 14.9. The zero-order valence-electron chi connectivity index (χ0n) is 29.5. The minimum absolute atomic E-state index is 0.721. The molecule has 0 amide bonds. The number of hydrogen-bond donors (Lipinski definition) is 0. The van der Waals surface area contributed by atoms with E-state index >= 15 is 0 Å². The van der Waals surface area contributed by atoms with E-state index in [0.29, 0.717) is 0 Å². The van der Waals surface area contributed by atoms with E-state index in [4.69, 9.17) is 9.97 Å². The molecular weight excluding hydrogens is 653 g/mol. The molecule has 9 aromatic carbocycles. The Bertz CT molecular complexity index is 2870. The van der Waals surface area contributed by atoms with Crippen molar-refractivity contribution in [1.82, 2.24) is 9.97 Å². The van der Waals surface area contributed by atoms with Crippen molar-refractivity contribution >= 4 is 32.3 Å². The zero-order valence-corrected chi connectivity index (χ0v) is 29.5. The van der Waals surface area contributed by atoms with Crippen LogP contribution in [0.25, 0.3) is 99.6 Å². The molecule has 0 radical (unpaired) electrons. The van der Waals surface area contributed by atoms with Crippen molar-refractivity contribution in [3.63, 3.8) is 0 Å². The summed E-state index contributed by atoms with van der Waals surface area (Å²) in [5.74, 6) is 0.721. The summed E-state index contributed by atoms with van der Waals surface area (Å²) in [5, 5.41) is 7.66.